The Hall–Kier alpha value is -0.510. The molecule has 0 aliphatic carbocycles. The minimum atomic E-state index is -0.253. The van der Waals surface area contributed by atoms with Crippen LogP contribution in [-0.2, 0) is 6.54 Å². The SMILES string of the molecule is CC(O)CSc1cccc(CNC(C)(C)C)c1. The third kappa shape index (κ3) is 6.71. The predicted octanol–water partition coefficient (Wildman–Crippen LogP) is 3.05. The lowest BCUT2D eigenvalue weighted by atomic mass is 10.1. The highest BCUT2D eigenvalue weighted by Gasteiger charge is 2.08. The van der Waals surface area contributed by atoms with Crippen molar-refractivity contribution in [3.63, 3.8) is 0 Å². The van der Waals surface area contributed by atoms with Gasteiger partial charge in [0, 0.05) is 22.7 Å². The Morgan fingerprint density at radius 1 is 1.35 bits per heavy atom. The highest BCUT2D eigenvalue weighted by molar-refractivity contribution is 7.99. The van der Waals surface area contributed by atoms with Crippen LogP contribution in [0.3, 0.4) is 0 Å². The Morgan fingerprint density at radius 3 is 2.65 bits per heavy atom. The average Bonchev–Trinajstić information content (AvgIpc) is 2.23. The van der Waals surface area contributed by atoms with Crippen LogP contribution in [0.1, 0.15) is 33.3 Å². The summed E-state index contributed by atoms with van der Waals surface area (Å²) in [5.41, 5.74) is 1.43. The fourth-order valence-corrected chi connectivity index (χ4v) is 2.17. The third-order valence-electron chi connectivity index (χ3n) is 2.21. The zero-order valence-corrected chi connectivity index (χ0v) is 12.0. The van der Waals surface area contributed by atoms with Gasteiger partial charge in [-0.15, -0.1) is 11.8 Å². The van der Waals surface area contributed by atoms with Gasteiger partial charge in [-0.05, 0) is 45.4 Å². The van der Waals surface area contributed by atoms with Gasteiger partial charge in [-0.1, -0.05) is 12.1 Å². The van der Waals surface area contributed by atoms with Crippen molar-refractivity contribution in [1.29, 1.82) is 0 Å². The summed E-state index contributed by atoms with van der Waals surface area (Å²) < 4.78 is 0. The second kappa shape index (κ2) is 6.43. The van der Waals surface area contributed by atoms with Crippen LogP contribution in [0.5, 0.6) is 0 Å². The van der Waals surface area contributed by atoms with Crippen LogP contribution in [0.25, 0.3) is 0 Å². The molecule has 2 nitrogen and oxygen atoms in total. The van der Waals surface area contributed by atoms with Crippen LogP contribution < -0.4 is 5.32 Å². The molecule has 0 aliphatic rings. The van der Waals surface area contributed by atoms with Gasteiger partial charge in [0.1, 0.15) is 0 Å². The first-order chi connectivity index (χ1) is 7.87. The first kappa shape index (κ1) is 14.6. The van der Waals surface area contributed by atoms with E-state index in [2.05, 4.69) is 50.4 Å². The molecule has 0 fully saturated rings. The summed E-state index contributed by atoms with van der Waals surface area (Å²) in [6.07, 6.45) is -0.253. The Morgan fingerprint density at radius 2 is 2.06 bits per heavy atom. The molecule has 1 aromatic rings. The van der Waals surface area contributed by atoms with Gasteiger partial charge in [0.25, 0.3) is 0 Å². The summed E-state index contributed by atoms with van der Waals surface area (Å²) in [6.45, 7) is 9.20. The molecule has 17 heavy (non-hydrogen) atoms. The van der Waals surface area contributed by atoms with E-state index in [0.29, 0.717) is 0 Å². The van der Waals surface area contributed by atoms with Crippen LogP contribution >= 0.6 is 11.8 Å². The van der Waals surface area contributed by atoms with Crippen molar-refractivity contribution in [3.8, 4) is 0 Å². The highest BCUT2D eigenvalue weighted by atomic mass is 32.2. The van der Waals surface area contributed by atoms with Crippen molar-refractivity contribution in [2.75, 3.05) is 5.75 Å². The number of aliphatic hydroxyl groups excluding tert-OH is 1. The van der Waals surface area contributed by atoms with E-state index in [1.807, 2.05) is 6.92 Å². The monoisotopic (exact) mass is 253 g/mol. The maximum Gasteiger partial charge on any atom is 0.0606 e. The van der Waals surface area contributed by atoms with Gasteiger partial charge in [-0.2, -0.15) is 0 Å². The van der Waals surface area contributed by atoms with Crippen LogP contribution in [0.15, 0.2) is 29.2 Å². The number of rotatable bonds is 5. The molecule has 3 heteroatoms. The van der Waals surface area contributed by atoms with Gasteiger partial charge in [-0.3, -0.25) is 0 Å². The van der Waals surface area contributed by atoms with Crippen molar-refractivity contribution in [3.05, 3.63) is 29.8 Å². The standard InChI is InChI=1S/C14H23NOS/c1-11(16)10-17-13-7-5-6-12(8-13)9-15-14(2,3)4/h5-8,11,15-16H,9-10H2,1-4H3. The number of benzene rings is 1. The van der Waals surface area contributed by atoms with Crippen molar-refractivity contribution < 1.29 is 5.11 Å². The number of aliphatic hydroxyl groups is 1. The van der Waals surface area contributed by atoms with Gasteiger partial charge in [0.2, 0.25) is 0 Å². The first-order valence-corrected chi connectivity index (χ1v) is 7.00. The molecule has 0 saturated heterocycles. The van der Waals surface area contributed by atoms with Crippen LogP contribution in [-0.4, -0.2) is 22.5 Å². The second-order valence-electron chi connectivity index (χ2n) is 5.41. The number of nitrogens with one attached hydrogen (secondary N) is 1. The molecule has 0 radical (unpaired) electrons. The number of hydrogen-bond acceptors (Lipinski definition) is 3. The van der Waals surface area contributed by atoms with E-state index in [1.165, 1.54) is 10.5 Å². The minimum absolute atomic E-state index is 0.142. The van der Waals surface area contributed by atoms with Gasteiger partial charge in [0.05, 0.1) is 6.10 Å². The molecule has 96 valence electrons. The fourth-order valence-electron chi connectivity index (χ4n) is 1.33. The lowest BCUT2D eigenvalue weighted by Gasteiger charge is -2.20. The minimum Gasteiger partial charge on any atom is -0.393 e. The smallest absolute Gasteiger partial charge is 0.0606 e. The van der Waals surface area contributed by atoms with Gasteiger partial charge >= 0.3 is 0 Å². The summed E-state index contributed by atoms with van der Waals surface area (Å²) in [6, 6.07) is 8.48. The van der Waals surface area contributed by atoms with E-state index in [4.69, 9.17) is 0 Å². The highest BCUT2D eigenvalue weighted by Crippen LogP contribution is 2.20. The van der Waals surface area contributed by atoms with E-state index in [0.717, 1.165) is 12.3 Å². The second-order valence-corrected chi connectivity index (χ2v) is 6.50. The molecule has 0 bridgehead atoms. The van der Waals surface area contributed by atoms with Crippen molar-refractivity contribution in [1.82, 2.24) is 5.32 Å². The quantitative estimate of drug-likeness (QED) is 0.791. The molecule has 0 spiro atoms. The summed E-state index contributed by atoms with van der Waals surface area (Å²) >= 11 is 1.70. The molecule has 2 N–H and O–H groups in total. The van der Waals surface area contributed by atoms with E-state index >= 15 is 0 Å². The molecule has 1 rings (SSSR count). The zero-order valence-electron chi connectivity index (χ0n) is 11.2. The van der Waals surface area contributed by atoms with Crippen molar-refractivity contribution >= 4 is 11.8 Å². The molecule has 0 heterocycles. The Bertz CT molecular complexity index is 344. The summed E-state index contributed by atoms with van der Waals surface area (Å²) in [7, 11) is 0. The average molecular weight is 253 g/mol. The maximum atomic E-state index is 9.26. The maximum absolute atomic E-state index is 9.26. The molecule has 1 unspecified atom stereocenters. The van der Waals surface area contributed by atoms with E-state index in [9.17, 15) is 5.11 Å². The van der Waals surface area contributed by atoms with Crippen molar-refractivity contribution in [2.24, 2.45) is 0 Å². The van der Waals surface area contributed by atoms with Gasteiger partial charge in [-0.25, -0.2) is 0 Å². The van der Waals surface area contributed by atoms with Gasteiger partial charge in [0.15, 0.2) is 0 Å². The lowest BCUT2D eigenvalue weighted by Crippen LogP contribution is -2.35. The molecule has 0 aromatic heterocycles. The summed E-state index contributed by atoms with van der Waals surface area (Å²) in [5, 5.41) is 12.7. The first-order valence-electron chi connectivity index (χ1n) is 6.02. The largest absolute Gasteiger partial charge is 0.393 e. The fraction of sp³-hybridized carbons (Fsp3) is 0.571. The van der Waals surface area contributed by atoms with Crippen molar-refractivity contribution in [2.45, 2.75) is 50.8 Å². The molecule has 0 amide bonds. The Labute approximate surface area is 109 Å². The van der Waals surface area contributed by atoms with E-state index in [-0.39, 0.29) is 11.6 Å². The van der Waals surface area contributed by atoms with Crippen LogP contribution in [0.2, 0.25) is 0 Å². The molecular weight excluding hydrogens is 230 g/mol. The Kier molecular flexibility index (Phi) is 5.50. The molecule has 0 saturated carbocycles. The third-order valence-corrected chi connectivity index (χ3v) is 3.45. The predicted molar refractivity (Wildman–Crippen MR) is 75.4 cm³/mol. The topological polar surface area (TPSA) is 32.3 Å². The lowest BCUT2D eigenvalue weighted by molar-refractivity contribution is 0.220. The number of thioether (sulfide) groups is 1. The van der Waals surface area contributed by atoms with E-state index in [1.54, 1.807) is 11.8 Å². The Balaban J connectivity index is 2.54. The normalized spacial score (nSPS) is 13.7. The molecular formula is C14H23NOS. The zero-order chi connectivity index (χ0) is 12.9. The molecule has 1 atom stereocenters. The van der Waals surface area contributed by atoms with Crippen LogP contribution in [0, 0.1) is 0 Å². The van der Waals surface area contributed by atoms with Crippen LogP contribution in [0.4, 0.5) is 0 Å². The van der Waals surface area contributed by atoms with Gasteiger partial charge < -0.3 is 10.4 Å². The summed E-state index contributed by atoms with van der Waals surface area (Å²) in [5.74, 6) is 0.746. The molecule has 1 aromatic carbocycles. The molecule has 0 aliphatic heterocycles. The summed E-state index contributed by atoms with van der Waals surface area (Å²) in [4.78, 5) is 1.22. The number of hydrogen-bond donors (Lipinski definition) is 2. The van der Waals surface area contributed by atoms with E-state index < -0.39 is 0 Å².